The molecule has 1 unspecified atom stereocenters. The summed E-state index contributed by atoms with van der Waals surface area (Å²) in [6, 6.07) is 2.27. The summed E-state index contributed by atoms with van der Waals surface area (Å²) in [4.78, 5) is 27.4. The quantitative estimate of drug-likeness (QED) is 0.444. The van der Waals surface area contributed by atoms with E-state index in [1.807, 2.05) is 9.91 Å². The molecule has 0 spiro atoms. The first-order valence-corrected chi connectivity index (χ1v) is 11.5. The topological polar surface area (TPSA) is 93.9 Å². The lowest BCUT2D eigenvalue weighted by atomic mass is 9.94. The summed E-state index contributed by atoms with van der Waals surface area (Å²) in [5, 5.41) is 6.82. The van der Waals surface area contributed by atoms with Gasteiger partial charge in [0.25, 0.3) is 0 Å². The molecule has 3 aliphatic heterocycles. The van der Waals surface area contributed by atoms with Crippen molar-refractivity contribution in [1.82, 2.24) is 15.2 Å². The van der Waals surface area contributed by atoms with Gasteiger partial charge in [0.1, 0.15) is 6.04 Å². The Bertz CT molecular complexity index is 838. The van der Waals surface area contributed by atoms with Crippen molar-refractivity contribution in [3.63, 3.8) is 0 Å². The Balaban J connectivity index is 1.29. The second kappa shape index (κ2) is 10.1. The van der Waals surface area contributed by atoms with Crippen LogP contribution >= 0.6 is 0 Å². The minimum Gasteiger partial charge on any atom is -0.371 e. The summed E-state index contributed by atoms with van der Waals surface area (Å²) >= 11 is 0. The maximum absolute atomic E-state index is 14.8. The fourth-order valence-corrected chi connectivity index (χ4v) is 4.73. The van der Waals surface area contributed by atoms with Gasteiger partial charge in [0.05, 0.1) is 11.4 Å². The number of nitrogens with zero attached hydrogens (tertiary/aromatic N) is 3. The molecule has 8 nitrogen and oxygen atoms in total. The van der Waals surface area contributed by atoms with Gasteiger partial charge in [-0.25, -0.2) is 13.8 Å². The number of anilines is 2. The van der Waals surface area contributed by atoms with Gasteiger partial charge in [-0.3, -0.25) is 25.6 Å². The third-order valence-electron chi connectivity index (χ3n) is 6.85. The molecular formula is C22H32F2N6O2. The third-order valence-corrected chi connectivity index (χ3v) is 6.85. The molecule has 0 bridgehead atoms. The number of carbonyl (C=O) groups excluding carboxylic acids is 2. The van der Waals surface area contributed by atoms with E-state index in [2.05, 4.69) is 15.5 Å². The first-order valence-electron chi connectivity index (χ1n) is 11.5. The van der Waals surface area contributed by atoms with Gasteiger partial charge in [-0.15, -0.1) is 0 Å². The molecule has 10 heteroatoms. The highest BCUT2D eigenvalue weighted by Gasteiger charge is 2.29. The van der Waals surface area contributed by atoms with Gasteiger partial charge in [-0.2, -0.15) is 0 Å². The van der Waals surface area contributed by atoms with Crippen LogP contribution in [0.4, 0.5) is 20.2 Å². The molecule has 1 atom stereocenters. The number of nitrogens with two attached hydrogens (primary N) is 1. The third kappa shape index (κ3) is 5.36. The lowest BCUT2D eigenvalue weighted by molar-refractivity contribution is -0.133. The van der Waals surface area contributed by atoms with Crippen molar-refractivity contribution >= 4 is 23.2 Å². The number of benzene rings is 1. The maximum atomic E-state index is 14.8. The van der Waals surface area contributed by atoms with E-state index in [9.17, 15) is 18.4 Å². The van der Waals surface area contributed by atoms with E-state index in [4.69, 9.17) is 5.84 Å². The van der Waals surface area contributed by atoms with Crippen molar-refractivity contribution in [1.29, 1.82) is 0 Å². The predicted octanol–water partition coefficient (Wildman–Crippen LogP) is 1.28. The first-order chi connectivity index (χ1) is 15.4. The van der Waals surface area contributed by atoms with Crippen molar-refractivity contribution in [2.24, 2.45) is 11.8 Å². The van der Waals surface area contributed by atoms with Gasteiger partial charge in [0, 0.05) is 45.7 Å². The van der Waals surface area contributed by atoms with E-state index in [0.29, 0.717) is 19.0 Å². The molecule has 32 heavy (non-hydrogen) atoms. The number of amides is 2. The number of rotatable bonds is 6. The van der Waals surface area contributed by atoms with Crippen LogP contribution in [-0.4, -0.2) is 73.6 Å². The zero-order chi connectivity index (χ0) is 22.7. The highest BCUT2D eigenvalue weighted by molar-refractivity contribution is 6.01. The number of halogens is 2. The number of imide groups is 1. The molecular weight excluding hydrogens is 418 g/mol. The summed E-state index contributed by atoms with van der Waals surface area (Å²) in [5.41, 5.74) is 0.175. The highest BCUT2D eigenvalue weighted by Crippen LogP contribution is 2.29. The number of hydrogen-bond acceptors (Lipinski definition) is 7. The largest absolute Gasteiger partial charge is 0.371 e. The number of carbonyl (C=O) groups is 2. The smallest absolute Gasteiger partial charge is 0.249 e. The van der Waals surface area contributed by atoms with Crippen LogP contribution < -0.4 is 21.4 Å². The SMILES string of the molecule is NN1CCC(CCN2CCN(c3ccc(NC4CCC(=O)NC4=O)c(F)c3F)CC2)CC1. The molecule has 0 saturated carbocycles. The molecule has 4 N–H and O–H groups in total. The van der Waals surface area contributed by atoms with E-state index in [1.165, 1.54) is 6.07 Å². The van der Waals surface area contributed by atoms with Crippen LogP contribution in [0.1, 0.15) is 32.1 Å². The number of nitrogens with one attached hydrogen (secondary N) is 2. The van der Waals surface area contributed by atoms with Crippen LogP contribution in [0, 0.1) is 17.6 Å². The Morgan fingerprint density at radius 2 is 1.72 bits per heavy atom. The summed E-state index contributed by atoms with van der Waals surface area (Å²) in [6.45, 7) is 5.83. The van der Waals surface area contributed by atoms with E-state index >= 15 is 0 Å². The monoisotopic (exact) mass is 450 g/mol. The Labute approximate surface area is 187 Å². The Kier molecular flexibility index (Phi) is 7.22. The predicted molar refractivity (Wildman–Crippen MR) is 118 cm³/mol. The second-order valence-electron chi connectivity index (χ2n) is 9.00. The zero-order valence-electron chi connectivity index (χ0n) is 18.3. The molecule has 0 radical (unpaired) electrons. The highest BCUT2D eigenvalue weighted by atomic mass is 19.2. The lowest BCUT2D eigenvalue weighted by Crippen LogP contribution is -2.48. The molecule has 3 heterocycles. The number of hydrazine groups is 1. The van der Waals surface area contributed by atoms with Crippen molar-refractivity contribution in [2.45, 2.75) is 38.1 Å². The number of hydrogen-bond donors (Lipinski definition) is 3. The summed E-state index contributed by atoms with van der Waals surface area (Å²) in [6.07, 6.45) is 3.85. The lowest BCUT2D eigenvalue weighted by Gasteiger charge is -2.37. The molecule has 0 aromatic heterocycles. The molecule has 1 aromatic rings. The summed E-state index contributed by atoms with van der Waals surface area (Å²) in [5.74, 6) is 3.75. The van der Waals surface area contributed by atoms with Crippen molar-refractivity contribution in [3.8, 4) is 0 Å². The average Bonchev–Trinajstić information content (AvgIpc) is 2.79. The van der Waals surface area contributed by atoms with Gasteiger partial charge in [-0.1, -0.05) is 0 Å². The van der Waals surface area contributed by atoms with Gasteiger partial charge < -0.3 is 10.2 Å². The van der Waals surface area contributed by atoms with Crippen molar-refractivity contribution < 1.29 is 18.4 Å². The molecule has 176 valence electrons. The maximum Gasteiger partial charge on any atom is 0.249 e. The number of piperazine rings is 1. The van der Waals surface area contributed by atoms with Gasteiger partial charge in [0.15, 0.2) is 11.6 Å². The van der Waals surface area contributed by atoms with Crippen molar-refractivity contribution in [3.05, 3.63) is 23.8 Å². The fraction of sp³-hybridized carbons (Fsp3) is 0.636. The standard InChI is InChI=1S/C22H32F2N6O2/c23-20-16(26-17-2-4-19(31)27-22(17)32)1-3-18(21(20)24)29-13-11-28(12-14-29)8-5-15-6-9-30(25)10-7-15/h1,3,15,17,26H,2,4-14,25H2,(H,27,31,32). The second-order valence-corrected chi connectivity index (χ2v) is 9.00. The summed E-state index contributed by atoms with van der Waals surface area (Å²) in [7, 11) is 0. The van der Waals surface area contributed by atoms with Gasteiger partial charge in [-0.05, 0) is 50.3 Å². The van der Waals surface area contributed by atoms with Crippen molar-refractivity contribution in [2.75, 3.05) is 56.0 Å². The molecule has 3 saturated heterocycles. The zero-order valence-corrected chi connectivity index (χ0v) is 18.3. The van der Waals surface area contributed by atoms with Gasteiger partial charge in [0.2, 0.25) is 11.8 Å². The van der Waals surface area contributed by atoms with E-state index in [-0.39, 0.29) is 30.1 Å². The average molecular weight is 451 g/mol. The van der Waals surface area contributed by atoms with Crippen LogP contribution in [0.25, 0.3) is 0 Å². The van der Waals surface area contributed by atoms with E-state index < -0.39 is 23.6 Å². The van der Waals surface area contributed by atoms with Crippen LogP contribution in [0.3, 0.4) is 0 Å². The van der Waals surface area contributed by atoms with Crippen LogP contribution in [0.5, 0.6) is 0 Å². The Hall–Kier alpha value is -2.30. The minimum absolute atomic E-state index is 0.0667. The minimum atomic E-state index is -0.999. The molecule has 0 aliphatic carbocycles. The van der Waals surface area contributed by atoms with Crippen LogP contribution in [0.2, 0.25) is 0 Å². The summed E-state index contributed by atoms with van der Waals surface area (Å²) < 4.78 is 29.6. The Morgan fingerprint density at radius 3 is 2.41 bits per heavy atom. The van der Waals surface area contributed by atoms with Gasteiger partial charge >= 0.3 is 0 Å². The first kappa shape index (κ1) is 22.9. The van der Waals surface area contributed by atoms with E-state index in [1.54, 1.807) is 6.07 Å². The van der Waals surface area contributed by atoms with Crippen LogP contribution in [-0.2, 0) is 9.59 Å². The van der Waals surface area contributed by atoms with Crippen LogP contribution in [0.15, 0.2) is 12.1 Å². The molecule has 3 fully saturated rings. The Morgan fingerprint density at radius 1 is 1.00 bits per heavy atom. The number of piperidine rings is 2. The molecule has 3 aliphatic rings. The molecule has 4 rings (SSSR count). The normalized spacial score (nSPS) is 24.0. The molecule has 2 amide bonds. The van der Waals surface area contributed by atoms with E-state index in [0.717, 1.165) is 52.0 Å². The molecule has 1 aromatic carbocycles. The fourth-order valence-electron chi connectivity index (χ4n) is 4.73.